The van der Waals surface area contributed by atoms with E-state index in [2.05, 4.69) is 19.1 Å². The standard InChI is InChI=1S/C14H21O2/c1-3-4-5-11-16-12-10-13-6-8-14(15-2)9-7-13/h6-9H,1,3-5,10-12H2,2H3. The van der Waals surface area contributed by atoms with E-state index in [1.165, 1.54) is 5.56 Å². The molecule has 89 valence electrons. The Bertz CT molecular complexity index is 267. The van der Waals surface area contributed by atoms with Crippen LogP contribution in [0.1, 0.15) is 24.8 Å². The quantitative estimate of drug-likeness (QED) is 0.627. The maximum absolute atomic E-state index is 5.54. The van der Waals surface area contributed by atoms with Gasteiger partial charge >= 0.3 is 0 Å². The van der Waals surface area contributed by atoms with Gasteiger partial charge in [0.2, 0.25) is 0 Å². The van der Waals surface area contributed by atoms with Gasteiger partial charge in [-0.2, -0.15) is 0 Å². The minimum Gasteiger partial charge on any atom is -0.497 e. The largest absolute Gasteiger partial charge is 0.497 e. The molecule has 1 radical (unpaired) electrons. The maximum atomic E-state index is 5.54. The van der Waals surface area contributed by atoms with Crippen molar-refractivity contribution in [3.05, 3.63) is 36.8 Å². The highest BCUT2D eigenvalue weighted by Crippen LogP contribution is 2.11. The summed E-state index contributed by atoms with van der Waals surface area (Å²) in [5, 5.41) is 0. The lowest BCUT2D eigenvalue weighted by Crippen LogP contribution is -2.00. The molecule has 2 heteroatoms. The summed E-state index contributed by atoms with van der Waals surface area (Å²) < 4.78 is 10.6. The van der Waals surface area contributed by atoms with E-state index in [9.17, 15) is 0 Å². The van der Waals surface area contributed by atoms with Gasteiger partial charge in [0, 0.05) is 6.61 Å². The van der Waals surface area contributed by atoms with Gasteiger partial charge < -0.3 is 9.47 Å². The lowest BCUT2D eigenvalue weighted by Gasteiger charge is -2.05. The van der Waals surface area contributed by atoms with Crippen LogP contribution in [-0.2, 0) is 11.2 Å². The smallest absolute Gasteiger partial charge is 0.118 e. The van der Waals surface area contributed by atoms with E-state index in [-0.39, 0.29) is 0 Å². The van der Waals surface area contributed by atoms with Crippen molar-refractivity contribution in [2.75, 3.05) is 20.3 Å². The van der Waals surface area contributed by atoms with Crippen LogP contribution in [0.2, 0.25) is 0 Å². The van der Waals surface area contributed by atoms with Crippen LogP contribution in [0.5, 0.6) is 5.75 Å². The van der Waals surface area contributed by atoms with Crippen molar-refractivity contribution in [1.29, 1.82) is 0 Å². The first-order valence-corrected chi connectivity index (χ1v) is 5.86. The number of benzene rings is 1. The summed E-state index contributed by atoms with van der Waals surface area (Å²) in [4.78, 5) is 0. The molecule has 0 aliphatic carbocycles. The summed E-state index contributed by atoms with van der Waals surface area (Å²) in [6.07, 6.45) is 4.24. The molecule has 1 rings (SSSR count). The molecule has 0 N–H and O–H groups in total. The minimum absolute atomic E-state index is 0.795. The monoisotopic (exact) mass is 221 g/mol. The number of unbranched alkanes of at least 4 members (excludes halogenated alkanes) is 2. The third-order valence-electron chi connectivity index (χ3n) is 2.48. The molecule has 0 unspecified atom stereocenters. The Morgan fingerprint density at radius 3 is 2.44 bits per heavy atom. The van der Waals surface area contributed by atoms with Gasteiger partial charge in [-0.05, 0) is 30.5 Å². The molecule has 0 amide bonds. The highest BCUT2D eigenvalue weighted by Gasteiger charge is 1.95. The van der Waals surface area contributed by atoms with Crippen molar-refractivity contribution < 1.29 is 9.47 Å². The third kappa shape index (κ3) is 5.17. The Kier molecular flexibility index (Phi) is 6.66. The van der Waals surface area contributed by atoms with E-state index >= 15 is 0 Å². The number of methoxy groups -OCH3 is 1. The van der Waals surface area contributed by atoms with Crippen LogP contribution in [0, 0.1) is 6.92 Å². The first-order chi connectivity index (χ1) is 7.86. The molecule has 1 aromatic carbocycles. The Morgan fingerprint density at radius 2 is 1.81 bits per heavy atom. The van der Waals surface area contributed by atoms with Gasteiger partial charge in [0.1, 0.15) is 5.75 Å². The number of hydrogen-bond donors (Lipinski definition) is 0. The van der Waals surface area contributed by atoms with Crippen LogP contribution in [-0.4, -0.2) is 20.3 Å². The summed E-state index contributed by atoms with van der Waals surface area (Å²) in [6.45, 7) is 5.45. The molecule has 0 spiro atoms. The number of hydrogen-bond acceptors (Lipinski definition) is 2. The van der Waals surface area contributed by atoms with Gasteiger partial charge in [0.15, 0.2) is 0 Å². The number of rotatable bonds is 8. The van der Waals surface area contributed by atoms with Crippen molar-refractivity contribution in [3.63, 3.8) is 0 Å². The molecule has 0 bridgehead atoms. The fraction of sp³-hybridized carbons (Fsp3) is 0.500. The minimum atomic E-state index is 0.795. The van der Waals surface area contributed by atoms with Gasteiger partial charge in [0.25, 0.3) is 0 Å². The van der Waals surface area contributed by atoms with Crippen LogP contribution in [0.25, 0.3) is 0 Å². The molecule has 0 aliphatic heterocycles. The Balaban J connectivity index is 2.12. The molecular weight excluding hydrogens is 200 g/mol. The van der Waals surface area contributed by atoms with Crippen molar-refractivity contribution in [3.8, 4) is 5.75 Å². The van der Waals surface area contributed by atoms with E-state index in [0.29, 0.717) is 0 Å². The summed E-state index contributed by atoms with van der Waals surface area (Å²) >= 11 is 0. The van der Waals surface area contributed by atoms with Crippen molar-refractivity contribution >= 4 is 0 Å². The zero-order chi connectivity index (χ0) is 11.6. The van der Waals surface area contributed by atoms with Crippen molar-refractivity contribution in [1.82, 2.24) is 0 Å². The lowest BCUT2D eigenvalue weighted by atomic mass is 10.1. The molecule has 0 fully saturated rings. The molecule has 0 saturated heterocycles. The zero-order valence-corrected chi connectivity index (χ0v) is 10.1. The van der Waals surface area contributed by atoms with Crippen LogP contribution in [0.3, 0.4) is 0 Å². The van der Waals surface area contributed by atoms with Gasteiger partial charge in [-0.3, -0.25) is 0 Å². The fourth-order valence-corrected chi connectivity index (χ4v) is 1.47. The van der Waals surface area contributed by atoms with E-state index < -0.39 is 0 Å². The summed E-state index contributed by atoms with van der Waals surface area (Å²) in [5.74, 6) is 0.903. The van der Waals surface area contributed by atoms with Crippen LogP contribution < -0.4 is 4.74 Å². The topological polar surface area (TPSA) is 18.5 Å². The van der Waals surface area contributed by atoms with Gasteiger partial charge in [-0.1, -0.05) is 31.9 Å². The second kappa shape index (κ2) is 8.17. The third-order valence-corrected chi connectivity index (χ3v) is 2.48. The maximum Gasteiger partial charge on any atom is 0.118 e. The van der Waals surface area contributed by atoms with Crippen LogP contribution in [0.4, 0.5) is 0 Å². The van der Waals surface area contributed by atoms with Gasteiger partial charge in [-0.25, -0.2) is 0 Å². The Hall–Kier alpha value is -1.02. The molecule has 0 atom stereocenters. The SMILES string of the molecule is [CH2]CCCCOCCc1ccc(OC)cc1. The number of ether oxygens (including phenoxy) is 2. The summed E-state index contributed by atoms with van der Waals surface area (Å²) in [7, 11) is 1.68. The van der Waals surface area contributed by atoms with E-state index in [4.69, 9.17) is 9.47 Å². The summed E-state index contributed by atoms with van der Waals surface area (Å²) in [5.41, 5.74) is 1.29. The fourth-order valence-electron chi connectivity index (χ4n) is 1.47. The summed E-state index contributed by atoms with van der Waals surface area (Å²) in [6, 6.07) is 8.13. The van der Waals surface area contributed by atoms with Crippen LogP contribution >= 0.6 is 0 Å². The molecule has 0 saturated carbocycles. The van der Waals surface area contributed by atoms with Gasteiger partial charge in [0.05, 0.1) is 13.7 Å². The van der Waals surface area contributed by atoms with Crippen molar-refractivity contribution in [2.24, 2.45) is 0 Å². The Labute approximate surface area is 98.6 Å². The highest BCUT2D eigenvalue weighted by molar-refractivity contribution is 5.27. The van der Waals surface area contributed by atoms with E-state index in [1.54, 1.807) is 7.11 Å². The Morgan fingerprint density at radius 1 is 1.06 bits per heavy atom. The average molecular weight is 221 g/mol. The van der Waals surface area contributed by atoms with E-state index in [0.717, 1.165) is 44.6 Å². The molecule has 0 aliphatic rings. The predicted molar refractivity (Wildman–Crippen MR) is 66.7 cm³/mol. The van der Waals surface area contributed by atoms with E-state index in [1.807, 2.05) is 12.1 Å². The second-order valence-electron chi connectivity index (χ2n) is 3.77. The van der Waals surface area contributed by atoms with Crippen molar-refractivity contribution in [2.45, 2.75) is 25.7 Å². The predicted octanol–water partition coefficient (Wildman–Crippen LogP) is 3.26. The van der Waals surface area contributed by atoms with Gasteiger partial charge in [-0.15, -0.1) is 0 Å². The molecule has 16 heavy (non-hydrogen) atoms. The average Bonchev–Trinajstić information content (AvgIpc) is 2.34. The van der Waals surface area contributed by atoms with Crippen LogP contribution in [0.15, 0.2) is 24.3 Å². The first kappa shape index (κ1) is 13.0. The molecule has 0 aromatic heterocycles. The zero-order valence-electron chi connectivity index (χ0n) is 10.1. The molecule has 0 heterocycles. The second-order valence-corrected chi connectivity index (χ2v) is 3.77. The highest BCUT2D eigenvalue weighted by atomic mass is 16.5. The molecule has 1 aromatic rings. The normalized spacial score (nSPS) is 10.4. The first-order valence-electron chi connectivity index (χ1n) is 5.86. The molecule has 2 nitrogen and oxygen atoms in total. The molecular formula is C14H21O2. The lowest BCUT2D eigenvalue weighted by molar-refractivity contribution is 0.133.